The van der Waals surface area contributed by atoms with Gasteiger partial charge in [-0.15, -0.1) is 0 Å². The van der Waals surface area contributed by atoms with Crippen LogP contribution in [0.3, 0.4) is 0 Å². The van der Waals surface area contributed by atoms with Gasteiger partial charge in [0.25, 0.3) is 0 Å². The molecule has 0 unspecified atom stereocenters. The minimum Gasteiger partial charge on any atom is -0.422 e. The van der Waals surface area contributed by atoms with Crippen LogP contribution in [0.5, 0.6) is 0 Å². The molecule has 2 rings (SSSR count). The minimum atomic E-state index is -2.09. The number of hydrogen-bond donors (Lipinski definition) is 0. The molecule has 1 saturated carbocycles. The van der Waals surface area contributed by atoms with Gasteiger partial charge in [-0.1, -0.05) is 13.8 Å². The van der Waals surface area contributed by atoms with Gasteiger partial charge in [0.2, 0.25) is 5.82 Å². The summed E-state index contributed by atoms with van der Waals surface area (Å²) >= 11 is 0. The molecule has 0 N–H and O–H groups in total. The van der Waals surface area contributed by atoms with Crippen molar-refractivity contribution in [2.24, 2.45) is 5.92 Å². The molecule has 0 heterocycles. The molecule has 0 spiro atoms. The first-order valence-corrected chi connectivity index (χ1v) is 9.21. The summed E-state index contributed by atoms with van der Waals surface area (Å²) in [7, 11) is 0.602. The first-order chi connectivity index (χ1) is 11.3. The van der Waals surface area contributed by atoms with Crippen LogP contribution in [-0.2, 0) is 4.43 Å². The third-order valence-electron chi connectivity index (χ3n) is 5.73. The third-order valence-corrected chi connectivity index (χ3v) is 6.54. The average Bonchev–Trinajstić information content (AvgIpc) is 2.61. The average molecular weight is 366 g/mol. The molecule has 0 radical (unpaired) electrons. The topological polar surface area (TPSA) is 9.23 Å². The second kappa shape index (κ2) is 7.52. The molecule has 24 heavy (non-hydrogen) atoms. The molecule has 1 nitrogen and oxygen atoms in total. The quantitative estimate of drug-likeness (QED) is 0.322. The fraction of sp³-hybridized carbons (Fsp3) is 0.647. The molecule has 0 aliphatic heterocycles. The molecule has 0 atom stereocenters. The molecule has 0 saturated heterocycles. The van der Waals surface area contributed by atoms with Crippen LogP contribution >= 0.6 is 0 Å². The van der Waals surface area contributed by atoms with Gasteiger partial charge in [-0.2, -0.15) is 0 Å². The largest absolute Gasteiger partial charge is 0.422 e. The van der Waals surface area contributed by atoms with Gasteiger partial charge in [0.05, 0.1) is 5.60 Å². The molecule has 0 amide bonds. The summed E-state index contributed by atoms with van der Waals surface area (Å²) in [6, 6.07) is 0. The van der Waals surface area contributed by atoms with Crippen LogP contribution in [0.2, 0.25) is 0 Å². The van der Waals surface area contributed by atoms with Crippen molar-refractivity contribution in [3.05, 3.63) is 34.6 Å². The summed E-state index contributed by atoms with van der Waals surface area (Å²) in [5.74, 6) is -9.58. The Bertz CT molecular complexity index is 558. The van der Waals surface area contributed by atoms with Crippen molar-refractivity contribution in [2.45, 2.75) is 63.9 Å². The molecular formula is C17H23F5OSi. The SMILES string of the molecule is CCC(CC)(O[SiH3])C1CCC(c2c(F)c(F)c(F)c(F)c2F)CC1. The van der Waals surface area contributed by atoms with E-state index < -0.39 is 40.6 Å². The molecule has 1 aromatic carbocycles. The molecule has 0 bridgehead atoms. The van der Waals surface area contributed by atoms with Crippen LogP contribution < -0.4 is 0 Å². The Morgan fingerprint density at radius 2 is 1.25 bits per heavy atom. The highest BCUT2D eigenvalue weighted by Crippen LogP contribution is 2.45. The van der Waals surface area contributed by atoms with E-state index in [1.54, 1.807) is 0 Å². The van der Waals surface area contributed by atoms with Gasteiger partial charge in [0.1, 0.15) is 10.5 Å². The lowest BCUT2D eigenvalue weighted by Gasteiger charge is -2.43. The number of hydrogen-bond acceptors (Lipinski definition) is 1. The Morgan fingerprint density at radius 3 is 1.62 bits per heavy atom. The van der Waals surface area contributed by atoms with E-state index in [4.69, 9.17) is 4.43 Å². The van der Waals surface area contributed by atoms with Crippen molar-refractivity contribution in [1.29, 1.82) is 0 Å². The molecule has 0 aromatic heterocycles. The van der Waals surface area contributed by atoms with Gasteiger partial charge in [-0.3, -0.25) is 0 Å². The summed E-state index contributed by atoms with van der Waals surface area (Å²) < 4.78 is 73.8. The van der Waals surface area contributed by atoms with Crippen molar-refractivity contribution < 1.29 is 26.4 Å². The van der Waals surface area contributed by atoms with Gasteiger partial charge in [0.15, 0.2) is 23.3 Å². The zero-order valence-electron chi connectivity index (χ0n) is 14.2. The van der Waals surface area contributed by atoms with E-state index in [0.29, 0.717) is 36.2 Å². The van der Waals surface area contributed by atoms with E-state index in [-0.39, 0.29) is 11.5 Å². The molecular weight excluding hydrogens is 343 g/mol. The lowest BCUT2D eigenvalue weighted by Crippen LogP contribution is -2.41. The standard InChI is InChI=1S/C17H23F5OSi/c1-3-17(4-2,23-24)10-7-5-9(6-8-10)11-12(18)14(20)16(22)15(21)13(11)19/h9-10H,3-8H2,1-2,24H3. The second-order valence-corrected chi connectivity index (χ2v) is 6.92. The van der Waals surface area contributed by atoms with Crippen molar-refractivity contribution in [1.82, 2.24) is 0 Å². The Hall–Kier alpha value is -0.953. The van der Waals surface area contributed by atoms with Gasteiger partial charge < -0.3 is 4.43 Å². The molecule has 1 aliphatic rings. The van der Waals surface area contributed by atoms with Gasteiger partial charge in [-0.05, 0) is 50.4 Å². The van der Waals surface area contributed by atoms with E-state index in [0.717, 1.165) is 12.8 Å². The van der Waals surface area contributed by atoms with Crippen molar-refractivity contribution in [3.63, 3.8) is 0 Å². The fourth-order valence-electron chi connectivity index (χ4n) is 4.17. The summed E-state index contributed by atoms with van der Waals surface area (Å²) in [5.41, 5.74) is -0.886. The van der Waals surface area contributed by atoms with Crippen LogP contribution in [-0.4, -0.2) is 16.1 Å². The Kier molecular flexibility index (Phi) is 6.07. The first-order valence-electron chi connectivity index (χ1n) is 8.39. The maximum absolute atomic E-state index is 14.0. The Labute approximate surface area is 142 Å². The van der Waals surface area contributed by atoms with Gasteiger partial charge in [-0.25, -0.2) is 22.0 Å². The summed E-state index contributed by atoms with van der Waals surface area (Å²) in [5, 5.41) is 0. The molecule has 136 valence electrons. The van der Waals surface area contributed by atoms with Crippen LogP contribution in [0, 0.1) is 35.0 Å². The van der Waals surface area contributed by atoms with E-state index in [2.05, 4.69) is 13.8 Å². The fourth-order valence-corrected chi connectivity index (χ4v) is 5.08. The van der Waals surface area contributed by atoms with Crippen molar-refractivity contribution in [2.75, 3.05) is 0 Å². The van der Waals surface area contributed by atoms with Crippen LogP contribution in [0.4, 0.5) is 22.0 Å². The summed E-state index contributed by atoms with van der Waals surface area (Å²) in [6.45, 7) is 4.11. The monoisotopic (exact) mass is 366 g/mol. The second-order valence-electron chi connectivity index (χ2n) is 6.51. The molecule has 1 fully saturated rings. The highest BCUT2D eigenvalue weighted by Gasteiger charge is 2.39. The third kappa shape index (κ3) is 3.12. The van der Waals surface area contributed by atoms with Gasteiger partial charge >= 0.3 is 0 Å². The molecule has 1 aromatic rings. The smallest absolute Gasteiger partial charge is 0.200 e. The van der Waals surface area contributed by atoms with Crippen molar-refractivity contribution in [3.8, 4) is 0 Å². The number of halogens is 5. The number of rotatable bonds is 5. The summed E-state index contributed by atoms with van der Waals surface area (Å²) in [4.78, 5) is 0. The molecule has 7 heteroatoms. The highest BCUT2D eigenvalue weighted by molar-refractivity contribution is 5.98. The zero-order chi connectivity index (χ0) is 18.1. The lowest BCUT2D eigenvalue weighted by atomic mass is 9.70. The minimum absolute atomic E-state index is 0.229. The number of benzene rings is 1. The maximum Gasteiger partial charge on any atom is 0.200 e. The van der Waals surface area contributed by atoms with E-state index in [1.165, 1.54) is 0 Å². The van der Waals surface area contributed by atoms with Crippen LogP contribution in [0.25, 0.3) is 0 Å². The van der Waals surface area contributed by atoms with Crippen LogP contribution in [0.1, 0.15) is 63.9 Å². The van der Waals surface area contributed by atoms with E-state index in [1.807, 2.05) is 0 Å². The first kappa shape index (κ1) is 19.4. The van der Waals surface area contributed by atoms with Crippen LogP contribution in [0.15, 0.2) is 0 Å². The zero-order valence-corrected chi connectivity index (χ0v) is 16.2. The maximum atomic E-state index is 14.0. The normalized spacial score (nSPS) is 22.1. The van der Waals surface area contributed by atoms with E-state index in [9.17, 15) is 22.0 Å². The Morgan fingerprint density at radius 1 is 0.833 bits per heavy atom. The lowest BCUT2D eigenvalue weighted by molar-refractivity contribution is -0.0114. The molecule has 1 aliphatic carbocycles. The van der Waals surface area contributed by atoms with Gasteiger partial charge in [0, 0.05) is 5.56 Å². The predicted octanol–water partition coefficient (Wildman–Crippen LogP) is 4.51. The van der Waals surface area contributed by atoms with E-state index >= 15 is 0 Å². The Balaban J connectivity index is 2.25. The predicted molar refractivity (Wildman–Crippen MR) is 85.3 cm³/mol. The summed E-state index contributed by atoms with van der Waals surface area (Å²) in [6.07, 6.45) is 3.82. The highest BCUT2D eigenvalue weighted by atomic mass is 28.2. The van der Waals surface area contributed by atoms with Crippen molar-refractivity contribution >= 4 is 10.5 Å².